The number of ether oxygens (including phenoxy) is 2. The van der Waals surface area contributed by atoms with Crippen LogP contribution in [0.3, 0.4) is 0 Å². The lowest BCUT2D eigenvalue weighted by Gasteiger charge is -2.30. The second kappa shape index (κ2) is 17.3. The predicted molar refractivity (Wildman–Crippen MR) is 222 cm³/mol. The van der Waals surface area contributed by atoms with Gasteiger partial charge in [-0.1, -0.05) is 76.2 Å². The fraction of sp³-hybridized carbons (Fsp3) is 0.409. The van der Waals surface area contributed by atoms with E-state index in [0.717, 1.165) is 57.3 Å². The Labute approximate surface area is 342 Å². The molecule has 0 radical (unpaired) electrons. The van der Waals surface area contributed by atoms with Crippen LogP contribution in [-0.2, 0) is 19.1 Å². The summed E-state index contributed by atoms with van der Waals surface area (Å²) in [5.74, 6) is 0.438. The maximum atomic E-state index is 13.6. The highest BCUT2D eigenvalue weighted by molar-refractivity contribution is 5.91. The van der Waals surface area contributed by atoms with Gasteiger partial charge in [0, 0.05) is 18.7 Å². The number of nitrogens with one attached hydrogen (secondary N) is 4. The Hall–Kier alpha value is -6.22. The van der Waals surface area contributed by atoms with E-state index in [0.29, 0.717) is 31.2 Å². The Bertz CT molecular complexity index is 2320. The van der Waals surface area contributed by atoms with Crippen molar-refractivity contribution in [3.05, 3.63) is 84.7 Å². The predicted octanol–water partition coefficient (Wildman–Crippen LogP) is 6.35. The van der Waals surface area contributed by atoms with Crippen molar-refractivity contribution in [3.8, 4) is 33.6 Å². The summed E-state index contributed by atoms with van der Waals surface area (Å²) in [6, 6.07) is 18.3. The van der Waals surface area contributed by atoms with Gasteiger partial charge in [0.15, 0.2) is 0 Å². The Balaban J connectivity index is 1.04. The van der Waals surface area contributed by atoms with E-state index in [1.54, 1.807) is 22.2 Å². The number of fused-ring (bicyclic) bond motifs is 1. The number of H-pyrrole nitrogens is 2. The van der Waals surface area contributed by atoms with Gasteiger partial charge in [-0.15, -0.1) is 0 Å². The van der Waals surface area contributed by atoms with E-state index in [-0.39, 0.29) is 29.7 Å². The minimum Gasteiger partial charge on any atom is -0.453 e. The SMILES string of the molecule is COC(=O)N[C@H](C(=O)N1CC[C@H](O)[C@H]1c1ncc(-c2ccc3cc(-c4ccc(-c5cnc([C@@H]6CCCN6C(=O)[C@@H](NC(=O)OC)C(C)C)[nH]5)cc4)ccc3c2)[nH]1)C(C)C. The van der Waals surface area contributed by atoms with Crippen molar-refractivity contribution in [1.29, 1.82) is 0 Å². The number of aliphatic hydroxyl groups excluding tert-OH is 1. The molecule has 0 saturated carbocycles. The molecule has 3 aromatic carbocycles. The van der Waals surface area contributed by atoms with Crippen LogP contribution < -0.4 is 10.6 Å². The second-order valence-electron chi connectivity index (χ2n) is 16.0. The highest BCUT2D eigenvalue weighted by Crippen LogP contribution is 2.36. The molecule has 2 aromatic heterocycles. The third kappa shape index (κ3) is 8.51. The van der Waals surface area contributed by atoms with E-state index in [1.807, 2.05) is 33.8 Å². The normalized spacial score (nSPS) is 19.0. The van der Waals surface area contributed by atoms with E-state index in [2.05, 4.69) is 85.2 Å². The van der Waals surface area contributed by atoms with E-state index in [1.165, 1.54) is 14.2 Å². The van der Waals surface area contributed by atoms with E-state index >= 15 is 0 Å². The molecule has 0 spiro atoms. The minimum atomic E-state index is -0.813. The monoisotopic (exact) mass is 804 g/mol. The molecule has 5 atom stereocenters. The van der Waals surface area contributed by atoms with Crippen LogP contribution in [0.5, 0.6) is 0 Å². The number of carbonyl (C=O) groups excluding carboxylic acids is 4. The van der Waals surface area contributed by atoms with Gasteiger partial charge in [-0.25, -0.2) is 19.6 Å². The summed E-state index contributed by atoms with van der Waals surface area (Å²) >= 11 is 0. The first-order chi connectivity index (χ1) is 28.4. The number of rotatable bonds is 11. The molecule has 5 aromatic rings. The van der Waals surface area contributed by atoms with Crippen molar-refractivity contribution >= 4 is 34.8 Å². The number of likely N-dealkylation sites (tertiary alicyclic amines) is 2. The number of hydrogen-bond acceptors (Lipinski definition) is 9. The number of hydrogen-bond donors (Lipinski definition) is 5. The molecule has 0 unspecified atom stereocenters. The summed E-state index contributed by atoms with van der Waals surface area (Å²) in [5.41, 5.74) is 5.60. The summed E-state index contributed by atoms with van der Waals surface area (Å²) in [5, 5.41) is 18.4. The molecule has 2 aliphatic heterocycles. The lowest BCUT2D eigenvalue weighted by molar-refractivity contribution is -0.136. The third-order valence-corrected chi connectivity index (χ3v) is 11.4. The maximum absolute atomic E-state index is 13.6. The third-order valence-electron chi connectivity index (χ3n) is 11.4. The lowest BCUT2D eigenvalue weighted by atomic mass is 9.98. The number of amides is 4. The van der Waals surface area contributed by atoms with Crippen LogP contribution in [0.15, 0.2) is 73.1 Å². The Morgan fingerprint density at radius 1 is 0.678 bits per heavy atom. The van der Waals surface area contributed by atoms with Crippen LogP contribution in [-0.4, -0.2) is 104 Å². The highest BCUT2D eigenvalue weighted by Gasteiger charge is 2.42. The van der Waals surface area contributed by atoms with Gasteiger partial charge in [-0.3, -0.25) is 9.59 Å². The molecule has 0 aliphatic carbocycles. The van der Waals surface area contributed by atoms with Crippen molar-refractivity contribution in [2.75, 3.05) is 27.3 Å². The molecule has 5 N–H and O–H groups in total. The van der Waals surface area contributed by atoms with Gasteiger partial charge in [0.25, 0.3) is 0 Å². The average Bonchev–Trinajstić information content (AvgIpc) is 4.08. The summed E-state index contributed by atoms with van der Waals surface area (Å²) < 4.78 is 9.50. The lowest BCUT2D eigenvalue weighted by Crippen LogP contribution is -2.51. The number of aliphatic hydroxyl groups is 1. The maximum Gasteiger partial charge on any atom is 0.407 e. The molecule has 2 aliphatic rings. The summed E-state index contributed by atoms with van der Waals surface area (Å²) in [7, 11) is 2.54. The zero-order valence-corrected chi connectivity index (χ0v) is 34.2. The first kappa shape index (κ1) is 41.0. The molecule has 2 fully saturated rings. The van der Waals surface area contributed by atoms with Crippen LogP contribution in [0.2, 0.25) is 0 Å². The largest absolute Gasteiger partial charge is 0.453 e. The molecule has 15 heteroatoms. The summed E-state index contributed by atoms with van der Waals surface area (Å²) in [6.45, 7) is 8.40. The standard InChI is InChI=1S/C44H52N8O7/c1-24(2)36(49-43(56)58-5)41(54)51-18-7-8-34(51)39-45-22-32(47-39)27-11-9-26(10-12-27)28-13-14-30-21-31(16-15-29(30)20-28)33-23-46-40(48-33)38-35(53)17-19-52(38)42(55)37(25(3)4)50-44(57)59-6/h9-16,20-25,34-38,53H,7-8,17-19H2,1-6H3,(H,45,47)(H,46,48)(H,49,56)(H,50,57)/t34-,35-,36-,37-,38-/m0/s1. The number of imidazole rings is 2. The molecule has 2 saturated heterocycles. The molecular formula is C44H52N8O7. The number of carbonyl (C=O) groups is 4. The summed E-state index contributed by atoms with van der Waals surface area (Å²) in [6.07, 6.45) is 3.39. The second-order valence-corrected chi connectivity index (χ2v) is 16.0. The Kier molecular flexibility index (Phi) is 12.0. The van der Waals surface area contributed by atoms with Gasteiger partial charge in [0.1, 0.15) is 29.8 Å². The van der Waals surface area contributed by atoms with E-state index in [9.17, 15) is 24.3 Å². The first-order valence-corrected chi connectivity index (χ1v) is 20.1. The van der Waals surface area contributed by atoms with E-state index in [4.69, 9.17) is 9.47 Å². The van der Waals surface area contributed by atoms with Crippen LogP contribution in [0.1, 0.15) is 70.7 Å². The fourth-order valence-corrected chi connectivity index (χ4v) is 8.15. The van der Waals surface area contributed by atoms with Gasteiger partial charge in [0.05, 0.1) is 50.1 Å². The topological polar surface area (TPSA) is 195 Å². The minimum absolute atomic E-state index is 0.112. The molecule has 4 amide bonds. The molecule has 310 valence electrons. The zero-order valence-electron chi connectivity index (χ0n) is 34.2. The first-order valence-electron chi connectivity index (χ1n) is 20.1. The number of nitrogens with zero attached hydrogens (tertiary/aromatic N) is 4. The molecule has 7 rings (SSSR count). The number of aromatic amines is 2. The van der Waals surface area contributed by atoms with Crippen LogP contribution in [0, 0.1) is 11.8 Å². The highest BCUT2D eigenvalue weighted by atomic mass is 16.5. The number of alkyl carbamates (subject to hydrolysis) is 2. The Morgan fingerprint density at radius 3 is 1.80 bits per heavy atom. The fourth-order valence-electron chi connectivity index (χ4n) is 8.15. The van der Waals surface area contributed by atoms with Crippen molar-refractivity contribution in [3.63, 3.8) is 0 Å². The number of methoxy groups -OCH3 is 2. The quantitative estimate of drug-likeness (QED) is 0.101. The smallest absolute Gasteiger partial charge is 0.407 e. The number of benzene rings is 3. The van der Waals surface area contributed by atoms with Crippen LogP contribution in [0.4, 0.5) is 9.59 Å². The van der Waals surface area contributed by atoms with Crippen molar-refractivity contribution in [1.82, 2.24) is 40.4 Å². The molecule has 4 heterocycles. The number of aromatic nitrogens is 4. The summed E-state index contributed by atoms with van der Waals surface area (Å²) in [4.78, 5) is 70.6. The molecular weight excluding hydrogens is 753 g/mol. The van der Waals surface area contributed by atoms with Gasteiger partial charge >= 0.3 is 12.2 Å². The van der Waals surface area contributed by atoms with Crippen molar-refractivity contribution in [2.45, 2.75) is 77.2 Å². The molecule has 15 nitrogen and oxygen atoms in total. The van der Waals surface area contributed by atoms with E-state index < -0.39 is 36.4 Å². The van der Waals surface area contributed by atoms with Gasteiger partial charge in [0.2, 0.25) is 11.8 Å². The van der Waals surface area contributed by atoms with Crippen LogP contribution >= 0.6 is 0 Å². The van der Waals surface area contributed by atoms with Crippen molar-refractivity contribution < 1.29 is 33.8 Å². The van der Waals surface area contributed by atoms with Crippen molar-refractivity contribution in [2.24, 2.45) is 11.8 Å². The van der Waals surface area contributed by atoms with Gasteiger partial charge in [-0.05, 0) is 70.7 Å². The molecule has 59 heavy (non-hydrogen) atoms. The zero-order chi connectivity index (χ0) is 42.0. The molecule has 0 bridgehead atoms. The average molecular weight is 805 g/mol. The van der Waals surface area contributed by atoms with Gasteiger partial charge in [-0.2, -0.15) is 0 Å². The van der Waals surface area contributed by atoms with Gasteiger partial charge < -0.3 is 45.0 Å². The Morgan fingerprint density at radius 2 is 1.19 bits per heavy atom. The van der Waals surface area contributed by atoms with Crippen LogP contribution in [0.25, 0.3) is 44.4 Å².